The van der Waals surface area contributed by atoms with Gasteiger partial charge in [-0.1, -0.05) is 48.9 Å². The molecule has 4 rings (SSSR count). The van der Waals surface area contributed by atoms with E-state index in [-0.39, 0.29) is 17.6 Å². The van der Waals surface area contributed by atoms with Crippen LogP contribution in [0, 0.1) is 5.82 Å². The third kappa shape index (κ3) is 7.23. The number of rotatable bonds is 9. The zero-order chi connectivity index (χ0) is 24.5. The fourth-order valence-electron chi connectivity index (χ4n) is 4.37. The van der Waals surface area contributed by atoms with E-state index in [4.69, 9.17) is 0 Å². The number of likely N-dealkylation sites (tertiary alicyclic amines) is 1. The summed E-state index contributed by atoms with van der Waals surface area (Å²) in [7, 11) is 0. The van der Waals surface area contributed by atoms with Crippen molar-refractivity contribution in [1.29, 1.82) is 0 Å². The highest BCUT2D eigenvalue weighted by molar-refractivity contribution is 6.06. The topological polar surface area (TPSA) is 52.7 Å². The zero-order valence-electron chi connectivity index (χ0n) is 20.0. The largest absolute Gasteiger partial charge is 0.355 e. The molecule has 1 heterocycles. The number of halogens is 1. The Labute approximate surface area is 206 Å². The molecule has 0 saturated carbocycles. The van der Waals surface area contributed by atoms with Gasteiger partial charge in [0, 0.05) is 24.3 Å². The highest BCUT2D eigenvalue weighted by atomic mass is 19.1. The predicted octanol–water partition coefficient (Wildman–Crippen LogP) is 4.82. The summed E-state index contributed by atoms with van der Waals surface area (Å²) in [6.45, 7) is 4.10. The lowest BCUT2D eigenvalue weighted by Gasteiger charge is -2.26. The van der Waals surface area contributed by atoms with Gasteiger partial charge >= 0.3 is 0 Å². The van der Waals surface area contributed by atoms with Gasteiger partial charge in [-0.2, -0.15) is 0 Å². The Balaban J connectivity index is 1.40. The van der Waals surface area contributed by atoms with Crippen LogP contribution in [0.15, 0.2) is 78.9 Å². The van der Waals surface area contributed by atoms with Gasteiger partial charge in [-0.15, -0.1) is 0 Å². The van der Waals surface area contributed by atoms with E-state index < -0.39 is 0 Å². The Kier molecular flexibility index (Phi) is 8.63. The molecule has 0 aromatic heterocycles. The number of nitrogens with one attached hydrogen (secondary N) is 1. The van der Waals surface area contributed by atoms with Crippen LogP contribution < -0.4 is 10.2 Å². The van der Waals surface area contributed by atoms with Gasteiger partial charge in [0.2, 0.25) is 5.91 Å². The number of nitrogens with zero attached hydrogens (tertiary/aromatic N) is 2. The van der Waals surface area contributed by atoms with Gasteiger partial charge < -0.3 is 15.1 Å². The number of carbonyl (C=O) groups excluding carboxylic acids is 2. The molecule has 35 heavy (non-hydrogen) atoms. The molecule has 2 amide bonds. The van der Waals surface area contributed by atoms with Gasteiger partial charge in [-0.25, -0.2) is 4.39 Å². The minimum atomic E-state index is -0.312. The molecule has 1 aliphatic rings. The Morgan fingerprint density at radius 3 is 2.17 bits per heavy atom. The molecule has 3 aromatic carbocycles. The molecule has 5 nitrogen and oxygen atoms in total. The van der Waals surface area contributed by atoms with Crippen LogP contribution in [-0.4, -0.2) is 42.9 Å². The standard InChI is InChI=1S/C29H32FN3O2/c30-26-13-9-24(10-14-26)22-33(29(35)25-7-3-1-4-8-25)27-15-11-23(12-16-27)21-28(34)31-17-20-32-18-5-2-6-19-32/h1,3-4,7-16H,2,5-6,17-22H2,(H,31,34). The molecule has 0 radical (unpaired) electrons. The summed E-state index contributed by atoms with van der Waals surface area (Å²) in [4.78, 5) is 29.8. The molecule has 6 heteroatoms. The van der Waals surface area contributed by atoms with Crippen molar-refractivity contribution < 1.29 is 14.0 Å². The summed E-state index contributed by atoms with van der Waals surface area (Å²) in [5.41, 5.74) is 3.01. The molecule has 0 bridgehead atoms. The third-order valence-electron chi connectivity index (χ3n) is 6.33. The number of piperidine rings is 1. The maximum Gasteiger partial charge on any atom is 0.258 e. The molecule has 0 aliphatic carbocycles. The molecule has 3 aromatic rings. The lowest BCUT2D eigenvalue weighted by Crippen LogP contribution is -2.38. The summed E-state index contributed by atoms with van der Waals surface area (Å²) < 4.78 is 13.4. The molecule has 0 atom stereocenters. The van der Waals surface area contributed by atoms with E-state index in [2.05, 4.69) is 10.2 Å². The second-order valence-electron chi connectivity index (χ2n) is 8.98. The summed E-state index contributed by atoms with van der Waals surface area (Å²) in [5, 5.41) is 3.02. The van der Waals surface area contributed by atoms with Crippen molar-refractivity contribution >= 4 is 17.5 Å². The van der Waals surface area contributed by atoms with Crippen LogP contribution in [0.5, 0.6) is 0 Å². The van der Waals surface area contributed by atoms with Crippen LogP contribution in [0.25, 0.3) is 0 Å². The SMILES string of the molecule is O=C(Cc1ccc(N(Cc2ccc(F)cc2)C(=O)c2ccccc2)cc1)NCCN1CCCCC1. The number of benzene rings is 3. The van der Waals surface area contributed by atoms with Crippen molar-refractivity contribution in [3.63, 3.8) is 0 Å². The minimum Gasteiger partial charge on any atom is -0.355 e. The average molecular weight is 474 g/mol. The first-order chi connectivity index (χ1) is 17.1. The number of hydrogen-bond donors (Lipinski definition) is 1. The second-order valence-corrected chi connectivity index (χ2v) is 8.98. The van der Waals surface area contributed by atoms with Crippen molar-refractivity contribution in [3.05, 3.63) is 101 Å². The van der Waals surface area contributed by atoms with Gasteiger partial charge in [-0.3, -0.25) is 9.59 Å². The third-order valence-corrected chi connectivity index (χ3v) is 6.33. The first-order valence-corrected chi connectivity index (χ1v) is 12.3. The van der Waals surface area contributed by atoms with Crippen molar-refractivity contribution in [1.82, 2.24) is 10.2 Å². The highest BCUT2D eigenvalue weighted by Gasteiger charge is 2.18. The quantitative estimate of drug-likeness (QED) is 0.485. The molecule has 182 valence electrons. The van der Waals surface area contributed by atoms with E-state index in [1.165, 1.54) is 31.4 Å². The smallest absolute Gasteiger partial charge is 0.258 e. The van der Waals surface area contributed by atoms with Gasteiger partial charge in [0.1, 0.15) is 5.82 Å². The van der Waals surface area contributed by atoms with E-state index >= 15 is 0 Å². The Hall–Kier alpha value is -3.51. The summed E-state index contributed by atoms with van der Waals surface area (Å²) >= 11 is 0. The summed E-state index contributed by atoms with van der Waals surface area (Å²) in [6.07, 6.45) is 4.08. The molecule has 1 aliphatic heterocycles. The van der Waals surface area contributed by atoms with Crippen molar-refractivity contribution in [2.24, 2.45) is 0 Å². The lowest BCUT2D eigenvalue weighted by molar-refractivity contribution is -0.120. The van der Waals surface area contributed by atoms with Crippen molar-refractivity contribution in [2.45, 2.75) is 32.2 Å². The number of amides is 2. The molecule has 1 N–H and O–H groups in total. The predicted molar refractivity (Wildman–Crippen MR) is 137 cm³/mol. The molecule has 1 fully saturated rings. The lowest BCUT2D eigenvalue weighted by atomic mass is 10.1. The number of hydrogen-bond acceptors (Lipinski definition) is 3. The Morgan fingerprint density at radius 1 is 0.829 bits per heavy atom. The fourth-order valence-corrected chi connectivity index (χ4v) is 4.37. The van der Waals surface area contributed by atoms with Crippen LogP contribution in [-0.2, 0) is 17.8 Å². The normalized spacial score (nSPS) is 13.9. The average Bonchev–Trinajstić information content (AvgIpc) is 2.90. The van der Waals surface area contributed by atoms with Gasteiger partial charge in [0.15, 0.2) is 0 Å². The van der Waals surface area contributed by atoms with Crippen molar-refractivity contribution in [2.75, 3.05) is 31.1 Å². The van der Waals surface area contributed by atoms with E-state index in [1.807, 2.05) is 42.5 Å². The van der Waals surface area contributed by atoms with Crippen molar-refractivity contribution in [3.8, 4) is 0 Å². The summed E-state index contributed by atoms with van der Waals surface area (Å²) in [5.74, 6) is -0.454. The van der Waals surface area contributed by atoms with Gasteiger partial charge in [-0.05, 0) is 73.5 Å². The monoisotopic (exact) mass is 473 g/mol. The molecule has 0 spiro atoms. The van der Waals surface area contributed by atoms with Crippen LogP contribution in [0.2, 0.25) is 0 Å². The zero-order valence-corrected chi connectivity index (χ0v) is 20.0. The summed E-state index contributed by atoms with van der Waals surface area (Å²) in [6, 6.07) is 22.7. The number of carbonyl (C=O) groups is 2. The Morgan fingerprint density at radius 2 is 1.49 bits per heavy atom. The molecular formula is C29H32FN3O2. The Bertz CT molecular complexity index is 1100. The minimum absolute atomic E-state index is 0.00158. The van der Waals surface area contributed by atoms with Crippen LogP contribution >= 0.6 is 0 Å². The molecule has 0 unspecified atom stereocenters. The van der Waals surface area contributed by atoms with E-state index in [0.717, 1.165) is 36.4 Å². The van der Waals surface area contributed by atoms with Crippen LogP contribution in [0.4, 0.5) is 10.1 Å². The van der Waals surface area contributed by atoms with E-state index in [1.54, 1.807) is 29.2 Å². The maximum atomic E-state index is 13.4. The van der Waals surface area contributed by atoms with Crippen LogP contribution in [0.1, 0.15) is 40.7 Å². The van der Waals surface area contributed by atoms with Crippen LogP contribution in [0.3, 0.4) is 0 Å². The highest BCUT2D eigenvalue weighted by Crippen LogP contribution is 2.22. The van der Waals surface area contributed by atoms with E-state index in [9.17, 15) is 14.0 Å². The van der Waals surface area contributed by atoms with Gasteiger partial charge in [0.05, 0.1) is 13.0 Å². The first kappa shape index (κ1) is 24.6. The first-order valence-electron chi connectivity index (χ1n) is 12.3. The second kappa shape index (κ2) is 12.3. The van der Waals surface area contributed by atoms with E-state index in [0.29, 0.717) is 25.1 Å². The molecule has 1 saturated heterocycles. The van der Waals surface area contributed by atoms with Gasteiger partial charge in [0.25, 0.3) is 5.91 Å². The number of anilines is 1. The molecular weight excluding hydrogens is 441 g/mol. The maximum absolute atomic E-state index is 13.4. The fraction of sp³-hybridized carbons (Fsp3) is 0.310.